The van der Waals surface area contributed by atoms with Gasteiger partial charge in [-0.1, -0.05) is 6.07 Å². The lowest BCUT2D eigenvalue weighted by molar-refractivity contribution is 0.0527. The molecule has 0 spiro atoms. The largest absolute Gasteiger partial charge is 0.496 e. The van der Waals surface area contributed by atoms with Crippen LogP contribution in [0.2, 0.25) is 0 Å². The van der Waals surface area contributed by atoms with Crippen LogP contribution in [-0.4, -0.2) is 37.7 Å². The van der Waals surface area contributed by atoms with Gasteiger partial charge in [-0.3, -0.25) is 4.79 Å². The van der Waals surface area contributed by atoms with E-state index in [1.807, 2.05) is 0 Å². The summed E-state index contributed by atoms with van der Waals surface area (Å²) in [7, 11) is 2.91. The molecule has 0 bridgehead atoms. The highest BCUT2D eigenvalue weighted by Gasteiger charge is 2.21. The number of nitrogens with one attached hydrogen (secondary N) is 1. The minimum atomic E-state index is -0.562. The Balaban J connectivity index is 2.36. The Morgan fingerprint density at radius 3 is 2.33 bits per heavy atom. The zero-order chi connectivity index (χ0) is 17.5. The molecule has 0 fully saturated rings. The normalized spacial score (nSPS) is 9.96. The molecule has 2 aromatic rings. The van der Waals surface area contributed by atoms with Gasteiger partial charge in [0.1, 0.15) is 28.4 Å². The molecule has 0 unspecified atom stereocenters. The topological polar surface area (TPSA) is 86.8 Å². The van der Waals surface area contributed by atoms with Gasteiger partial charge in [-0.15, -0.1) is 0 Å². The fourth-order valence-electron chi connectivity index (χ4n) is 2.12. The molecule has 0 aliphatic rings. The zero-order valence-corrected chi connectivity index (χ0v) is 13.7. The first-order chi connectivity index (χ1) is 11.6. The summed E-state index contributed by atoms with van der Waals surface area (Å²) in [4.78, 5) is 28.7. The van der Waals surface area contributed by atoms with Crippen LogP contribution < -0.4 is 14.8 Å². The monoisotopic (exact) mass is 330 g/mol. The number of carbonyl (C=O) groups is 2. The van der Waals surface area contributed by atoms with Gasteiger partial charge >= 0.3 is 5.97 Å². The molecule has 1 amide bonds. The number of methoxy groups -OCH3 is 2. The molecule has 0 atom stereocenters. The Bertz CT molecular complexity index is 723. The molecule has 0 aliphatic carbocycles. The van der Waals surface area contributed by atoms with Gasteiger partial charge in [0.2, 0.25) is 0 Å². The molecule has 126 valence electrons. The number of hydrogen-bond acceptors (Lipinski definition) is 6. The van der Waals surface area contributed by atoms with Gasteiger partial charge in [0, 0.05) is 6.20 Å². The van der Waals surface area contributed by atoms with Crippen molar-refractivity contribution in [2.24, 2.45) is 0 Å². The number of nitrogens with zero attached hydrogens (tertiary/aromatic N) is 1. The highest BCUT2D eigenvalue weighted by Crippen LogP contribution is 2.29. The van der Waals surface area contributed by atoms with Gasteiger partial charge < -0.3 is 19.5 Å². The van der Waals surface area contributed by atoms with E-state index >= 15 is 0 Å². The molecule has 0 saturated heterocycles. The van der Waals surface area contributed by atoms with Crippen molar-refractivity contribution in [3.63, 3.8) is 0 Å². The number of ether oxygens (including phenoxy) is 3. The summed E-state index contributed by atoms with van der Waals surface area (Å²) in [6.07, 6.45) is 1.47. The number of benzene rings is 1. The maximum Gasteiger partial charge on any atom is 0.341 e. The van der Waals surface area contributed by atoms with Crippen molar-refractivity contribution in [1.29, 1.82) is 0 Å². The molecule has 7 heteroatoms. The summed E-state index contributed by atoms with van der Waals surface area (Å²) in [6.45, 7) is 1.92. The third kappa shape index (κ3) is 3.62. The van der Waals surface area contributed by atoms with Crippen LogP contribution in [0.3, 0.4) is 0 Å². The number of hydrogen-bond donors (Lipinski definition) is 1. The van der Waals surface area contributed by atoms with Crippen LogP contribution >= 0.6 is 0 Å². The SMILES string of the molecule is CCOC(=O)c1cccnc1NC(=O)c1c(OC)cccc1OC. The summed E-state index contributed by atoms with van der Waals surface area (Å²) >= 11 is 0. The summed E-state index contributed by atoms with van der Waals surface area (Å²) in [5.41, 5.74) is 0.379. The van der Waals surface area contributed by atoms with Gasteiger partial charge in [-0.05, 0) is 31.2 Å². The van der Waals surface area contributed by atoms with E-state index in [9.17, 15) is 9.59 Å². The first-order valence-electron chi connectivity index (χ1n) is 7.26. The van der Waals surface area contributed by atoms with Crippen molar-refractivity contribution in [3.05, 3.63) is 47.7 Å². The number of anilines is 1. The van der Waals surface area contributed by atoms with Crippen molar-refractivity contribution in [2.45, 2.75) is 6.92 Å². The predicted molar refractivity (Wildman–Crippen MR) is 87.7 cm³/mol. The Morgan fingerprint density at radius 2 is 1.75 bits per heavy atom. The van der Waals surface area contributed by atoms with Crippen molar-refractivity contribution in [2.75, 3.05) is 26.1 Å². The maximum absolute atomic E-state index is 12.6. The van der Waals surface area contributed by atoms with E-state index in [1.165, 1.54) is 26.5 Å². The van der Waals surface area contributed by atoms with Crippen LogP contribution in [0.15, 0.2) is 36.5 Å². The smallest absolute Gasteiger partial charge is 0.341 e. The number of aromatic nitrogens is 1. The van der Waals surface area contributed by atoms with E-state index in [1.54, 1.807) is 31.2 Å². The maximum atomic E-state index is 12.6. The van der Waals surface area contributed by atoms with Crippen LogP contribution in [0.25, 0.3) is 0 Å². The molecule has 1 heterocycles. The highest BCUT2D eigenvalue weighted by atomic mass is 16.5. The second-order valence-corrected chi connectivity index (χ2v) is 4.61. The third-order valence-corrected chi connectivity index (χ3v) is 3.19. The van der Waals surface area contributed by atoms with Crippen LogP contribution in [-0.2, 0) is 4.74 Å². The summed E-state index contributed by atoms with van der Waals surface area (Å²) in [5, 5.41) is 2.60. The summed E-state index contributed by atoms with van der Waals surface area (Å²) in [5.74, 6) is -0.267. The van der Waals surface area contributed by atoms with Crippen LogP contribution in [0, 0.1) is 0 Å². The number of amides is 1. The second kappa shape index (κ2) is 7.96. The zero-order valence-electron chi connectivity index (χ0n) is 13.7. The van der Waals surface area contributed by atoms with Gasteiger partial charge in [0.05, 0.1) is 20.8 Å². The average Bonchev–Trinajstić information content (AvgIpc) is 2.61. The molecule has 0 aliphatic heterocycles. The van der Waals surface area contributed by atoms with Gasteiger partial charge in [0.25, 0.3) is 5.91 Å². The van der Waals surface area contributed by atoms with Crippen LogP contribution in [0.1, 0.15) is 27.6 Å². The Morgan fingerprint density at radius 1 is 1.08 bits per heavy atom. The van der Waals surface area contributed by atoms with E-state index < -0.39 is 11.9 Å². The van der Waals surface area contributed by atoms with Crippen molar-refractivity contribution in [1.82, 2.24) is 4.98 Å². The second-order valence-electron chi connectivity index (χ2n) is 4.61. The lowest BCUT2D eigenvalue weighted by Gasteiger charge is -2.14. The van der Waals surface area contributed by atoms with Gasteiger partial charge in [0.15, 0.2) is 0 Å². The quantitative estimate of drug-likeness (QED) is 0.819. The van der Waals surface area contributed by atoms with Crippen molar-refractivity contribution in [3.8, 4) is 11.5 Å². The average molecular weight is 330 g/mol. The molecule has 0 saturated carbocycles. The minimum Gasteiger partial charge on any atom is -0.496 e. The molecule has 1 aromatic heterocycles. The van der Waals surface area contributed by atoms with E-state index in [-0.39, 0.29) is 23.6 Å². The lowest BCUT2D eigenvalue weighted by Crippen LogP contribution is -2.18. The summed E-state index contributed by atoms with van der Waals surface area (Å²) in [6, 6.07) is 8.11. The fourth-order valence-corrected chi connectivity index (χ4v) is 2.12. The van der Waals surface area contributed by atoms with E-state index in [0.717, 1.165) is 0 Å². The standard InChI is InChI=1S/C17H18N2O5/c1-4-24-17(21)11-7-6-10-18-15(11)19-16(20)14-12(22-2)8-5-9-13(14)23-3/h5-10H,4H2,1-3H3,(H,18,19,20). The molecule has 1 aromatic carbocycles. The van der Waals surface area contributed by atoms with E-state index in [0.29, 0.717) is 11.5 Å². The molecule has 0 radical (unpaired) electrons. The first-order valence-corrected chi connectivity index (χ1v) is 7.26. The van der Waals surface area contributed by atoms with Crippen LogP contribution in [0.4, 0.5) is 5.82 Å². The molecular weight excluding hydrogens is 312 g/mol. The van der Waals surface area contributed by atoms with Crippen molar-refractivity contribution < 1.29 is 23.8 Å². The Hall–Kier alpha value is -3.09. The minimum absolute atomic E-state index is 0.105. The number of esters is 1. The molecule has 1 N–H and O–H groups in total. The van der Waals surface area contributed by atoms with E-state index in [2.05, 4.69) is 10.3 Å². The van der Waals surface area contributed by atoms with Gasteiger partial charge in [-0.2, -0.15) is 0 Å². The fraction of sp³-hybridized carbons (Fsp3) is 0.235. The first kappa shape index (κ1) is 17.3. The predicted octanol–water partition coefficient (Wildman–Crippen LogP) is 2.53. The summed E-state index contributed by atoms with van der Waals surface area (Å²) < 4.78 is 15.4. The third-order valence-electron chi connectivity index (χ3n) is 3.19. The molecule has 24 heavy (non-hydrogen) atoms. The lowest BCUT2D eigenvalue weighted by atomic mass is 10.1. The number of carbonyl (C=O) groups excluding carboxylic acids is 2. The van der Waals surface area contributed by atoms with Gasteiger partial charge in [-0.25, -0.2) is 9.78 Å². The number of pyridine rings is 1. The molecule has 2 rings (SSSR count). The van der Waals surface area contributed by atoms with Crippen molar-refractivity contribution >= 4 is 17.7 Å². The van der Waals surface area contributed by atoms with Crippen LogP contribution in [0.5, 0.6) is 11.5 Å². The molecular formula is C17H18N2O5. The van der Waals surface area contributed by atoms with E-state index in [4.69, 9.17) is 14.2 Å². The highest BCUT2D eigenvalue weighted by molar-refractivity contribution is 6.10. The number of rotatable bonds is 6. The molecule has 7 nitrogen and oxygen atoms in total. The Labute approximate surface area is 139 Å². The Kier molecular flexibility index (Phi) is 5.73.